The standard InChI is InChI=1S/C15H16N2O4/c1-3-21-15(19)13(17-16)10-12(14(18)20-2)9-11-7-5-4-6-8-11/h4-9H,3,10H2,1-2H3/b12-9+. The second-order valence-corrected chi connectivity index (χ2v) is 4.02. The van der Waals surface area contributed by atoms with Gasteiger partial charge in [0, 0.05) is 5.57 Å². The molecule has 0 aliphatic heterocycles. The van der Waals surface area contributed by atoms with Crippen molar-refractivity contribution in [2.75, 3.05) is 13.7 Å². The van der Waals surface area contributed by atoms with E-state index in [9.17, 15) is 9.59 Å². The zero-order valence-corrected chi connectivity index (χ0v) is 11.9. The molecule has 0 saturated heterocycles. The molecule has 0 fully saturated rings. The highest BCUT2D eigenvalue weighted by atomic mass is 16.5. The molecule has 1 aromatic carbocycles. The maximum Gasteiger partial charge on any atom is 0.417 e. The van der Waals surface area contributed by atoms with E-state index in [2.05, 4.69) is 9.53 Å². The summed E-state index contributed by atoms with van der Waals surface area (Å²) in [6.45, 7) is 1.78. The van der Waals surface area contributed by atoms with Crippen LogP contribution in [0.3, 0.4) is 0 Å². The van der Waals surface area contributed by atoms with Crippen molar-refractivity contribution in [3.8, 4) is 0 Å². The molecule has 6 heteroatoms. The first-order chi connectivity index (χ1) is 10.1. The van der Waals surface area contributed by atoms with Gasteiger partial charge in [0.25, 0.3) is 0 Å². The highest BCUT2D eigenvalue weighted by molar-refractivity contribution is 6.35. The van der Waals surface area contributed by atoms with Crippen molar-refractivity contribution < 1.29 is 23.9 Å². The SMILES string of the molecule is CCOC(=O)C(C/C(=C\c1ccccc1)C(=O)OC)=[N+]=[N-]. The maximum atomic E-state index is 11.8. The van der Waals surface area contributed by atoms with Crippen LogP contribution >= 0.6 is 0 Å². The fraction of sp³-hybridized carbons (Fsp3) is 0.267. The molecule has 0 unspecified atom stereocenters. The molecule has 6 nitrogen and oxygen atoms in total. The molecule has 110 valence electrons. The summed E-state index contributed by atoms with van der Waals surface area (Å²) in [5.74, 6) is -1.38. The fourth-order valence-corrected chi connectivity index (χ4v) is 1.61. The van der Waals surface area contributed by atoms with Gasteiger partial charge in [-0.1, -0.05) is 30.3 Å². The first-order valence-electron chi connectivity index (χ1n) is 6.34. The molecule has 0 N–H and O–H groups in total. The number of methoxy groups -OCH3 is 1. The van der Waals surface area contributed by atoms with E-state index in [0.717, 1.165) is 5.56 Å². The van der Waals surface area contributed by atoms with Crippen LogP contribution in [0.4, 0.5) is 0 Å². The molecule has 0 radical (unpaired) electrons. The van der Waals surface area contributed by atoms with E-state index >= 15 is 0 Å². The number of ether oxygens (including phenoxy) is 2. The normalized spacial score (nSPS) is 10.5. The minimum Gasteiger partial charge on any atom is -0.466 e. The molecule has 0 spiro atoms. The minimum absolute atomic E-state index is 0.147. The summed E-state index contributed by atoms with van der Waals surface area (Å²) < 4.78 is 9.42. The smallest absolute Gasteiger partial charge is 0.417 e. The third-order valence-electron chi connectivity index (χ3n) is 2.58. The summed E-state index contributed by atoms with van der Waals surface area (Å²) in [5, 5.41) is 0. The lowest BCUT2D eigenvalue weighted by atomic mass is 10.1. The molecule has 1 rings (SSSR count). The molecule has 21 heavy (non-hydrogen) atoms. The Morgan fingerprint density at radius 2 is 1.90 bits per heavy atom. The van der Waals surface area contributed by atoms with Gasteiger partial charge in [-0.05, 0) is 18.6 Å². The van der Waals surface area contributed by atoms with Crippen molar-refractivity contribution in [2.45, 2.75) is 13.3 Å². The molecule has 0 atom stereocenters. The number of carbonyl (C=O) groups excluding carboxylic acids is 2. The lowest BCUT2D eigenvalue weighted by Crippen LogP contribution is -2.21. The quantitative estimate of drug-likeness (QED) is 0.263. The van der Waals surface area contributed by atoms with E-state index in [1.807, 2.05) is 18.2 Å². The van der Waals surface area contributed by atoms with Crippen molar-refractivity contribution in [2.24, 2.45) is 0 Å². The van der Waals surface area contributed by atoms with Crippen LogP contribution in [0, 0.1) is 0 Å². The Bertz CT molecular complexity index is 587. The van der Waals surface area contributed by atoms with E-state index in [-0.39, 0.29) is 24.3 Å². The number of rotatable bonds is 6. The lowest BCUT2D eigenvalue weighted by molar-refractivity contribution is -0.140. The molecule has 0 aromatic heterocycles. The average molecular weight is 288 g/mol. The molecule has 0 heterocycles. The van der Waals surface area contributed by atoms with Gasteiger partial charge in [0.1, 0.15) is 0 Å². The first kappa shape index (κ1) is 16.3. The Balaban J connectivity index is 3.05. The molecular formula is C15H16N2O4. The number of carbonyl (C=O) groups is 2. The molecule has 0 bridgehead atoms. The van der Waals surface area contributed by atoms with Crippen LogP contribution in [0.2, 0.25) is 0 Å². The summed E-state index contributed by atoms with van der Waals surface area (Å²) in [6.07, 6.45) is 1.38. The second-order valence-electron chi connectivity index (χ2n) is 4.02. The lowest BCUT2D eigenvalue weighted by Gasteiger charge is -2.03. The van der Waals surface area contributed by atoms with Crippen LogP contribution in [-0.2, 0) is 19.1 Å². The molecular weight excluding hydrogens is 272 g/mol. The summed E-state index contributed by atoms with van der Waals surface area (Å²) in [7, 11) is 1.24. The second kappa shape index (κ2) is 8.45. The van der Waals surface area contributed by atoms with Crippen LogP contribution in [0.25, 0.3) is 11.6 Å². The van der Waals surface area contributed by atoms with Crippen LogP contribution in [-0.4, -0.2) is 36.2 Å². The van der Waals surface area contributed by atoms with E-state index in [4.69, 9.17) is 10.3 Å². The first-order valence-corrected chi connectivity index (χ1v) is 6.34. The van der Waals surface area contributed by atoms with Crippen molar-refractivity contribution in [3.63, 3.8) is 0 Å². The Morgan fingerprint density at radius 1 is 1.24 bits per heavy atom. The Kier molecular flexibility index (Phi) is 6.57. The topological polar surface area (TPSA) is 89.0 Å². The highest BCUT2D eigenvalue weighted by Gasteiger charge is 2.26. The molecule has 0 amide bonds. The van der Waals surface area contributed by atoms with Gasteiger partial charge < -0.3 is 15.0 Å². The van der Waals surface area contributed by atoms with E-state index in [0.29, 0.717) is 0 Å². The monoisotopic (exact) mass is 288 g/mol. The van der Waals surface area contributed by atoms with Crippen molar-refractivity contribution in [1.82, 2.24) is 0 Å². The number of esters is 2. The van der Waals surface area contributed by atoms with Crippen LogP contribution in [0.1, 0.15) is 18.9 Å². The van der Waals surface area contributed by atoms with Gasteiger partial charge in [0.05, 0.1) is 20.1 Å². The number of hydrogen-bond acceptors (Lipinski definition) is 4. The fourth-order valence-electron chi connectivity index (χ4n) is 1.61. The Hall–Kier alpha value is -2.72. The maximum absolute atomic E-state index is 11.8. The summed E-state index contributed by atoms with van der Waals surface area (Å²) in [6, 6.07) is 9.06. The molecule has 1 aromatic rings. The average Bonchev–Trinajstić information content (AvgIpc) is 2.51. The van der Waals surface area contributed by atoms with Crippen LogP contribution in [0.5, 0.6) is 0 Å². The predicted octanol–water partition coefficient (Wildman–Crippen LogP) is 1.87. The van der Waals surface area contributed by atoms with Gasteiger partial charge in [-0.2, -0.15) is 4.79 Å². The van der Waals surface area contributed by atoms with Gasteiger partial charge in [-0.25, -0.2) is 9.59 Å². The van der Waals surface area contributed by atoms with E-state index < -0.39 is 11.9 Å². The van der Waals surface area contributed by atoms with Gasteiger partial charge in [-0.3, -0.25) is 0 Å². The summed E-state index contributed by atoms with van der Waals surface area (Å²) in [4.78, 5) is 26.2. The highest BCUT2D eigenvalue weighted by Crippen LogP contribution is 2.12. The summed E-state index contributed by atoms with van der Waals surface area (Å²) in [5.41, 5.74) is 9.59. The van der Waals surface area contributed by atoms with Gasteiger partial charge in [0.15, 0.2) is 0 Å². The molecule has 0 saturated carbocycles. The van der Waals surface area contributed by atoms with Crippen molar-refractivity contribution in [3.05, 3.63) is 47.0 Å². The zero-order valence-electron chi connectivity index (χ0n) is 11.9. The van der Waals surface area contributed by atoms with Crippen molar-refractivity contribution >= 4 is 23.7 Å². The van der Waals surface area contributed by atoms with Crippen LogP contribution < -0.4 is 0 Å². The van der Waals surface area contributed by atoms with Crippen molar-refractivity contribution in [1.29, 1.82) is 0 Å². The largest absolute Gasteiger partial charge is 0.466 e. The Morgan fingerprint density at radius 3 is 2.43 bits per heavy atom. The third kappa shape index (κ3) is 5.04. The minimum atomic E-state index is -0.775. The number of hydrogen-bond donors (Lipinski definition) is 0. The van der Waals surface area contributed by atoms with E-state index in [1.165, 1.54) is 7.11 Å². The third-order valence-corrected chi connectivity index (χ3v) is 2.58. The van der Waals surface area contributed by atoms with Gasteiger partial charge in [-0.15, -0.1) is 0 Å². The predicted molar refractivity (Wildman–Crippen MR) is 76.3 cm³/mol. The Labute approximate surface area is 122 Å². The zero-order chi connectivity index (χ0) is 15.7. The summed E-state index contributed by atoms with van der Waals surface area (Å²) >= 11 is 0. The van der Waals surface area contributed by atoms with Crippen LogP contribution in [0.15, 0.2) is 35.9 Å². The van der Waals surface area contributed by atoms with Gasteiger partial charge >= 0.3 is 17.7 Å². The number of benzene rings is 1. The molecule has 0 aliphatic rings. The number of nitrogens with zero attached hydrogens (tertiary/aromatic N) is 2. The van der Waals surface area contributed by atoms with Gasteiger partial charge in [0.2, 0.25) is 0 Å². The molecule has 0 aliphatic carbocycles. The van der Waals surface area contributed by atoms with E-state index in [1.54, 1.807) is 25.1 Å².